The lowest BCUT2D eigenvalue weighted by Gasteiger charge is -1.98. The van der Waals surface area contributed by atoms with Gasteiger partial charge in [-0.25, -0.2) is 4.99 Å². The molecule has 0 amide bonds. The van der Waals surface area contributed by atoms with Crippen LogP contribution < -0.4 is 0 Å². The summed E-state index contributed by atoms with van der Waals surface area (Å²) in [6.07, 6.45) is 1.68. The minimum Gasteiger partial charge on any atom is -0.504 e. The summed E-state index contributed by atoms with van der Waals surface area (Å²) in [5, 5.41) is 28.6. The van der Waals surface area contributed by atoms with Gasteiger partial charge in [0.1, 0.15) is 5.01 Å². The number of phenols is 2. The summed E-state index contributed by atoms with van der Waals surface area (Å²) in [5.74, 6) is -0.367. The number of aromatic hydroxyl groups is 2. The van der Waals surface area contributed by atoms with Crippen molar-refractivity contribution in [1.29, 1.82) is 0 Å². The van der Waals surface area contributed by atoms with E-state index in [1.54, 1.807) is 24.4 Å². The van der Waals surface area contributed by atoms with Crippen LogP contribution in [0.15, 0.2) is 47.5 Å². The molecule has 22 heavy (non-hydrogen) atoms. The van der Waals surface area contributed by atoms with Gasteiger partial charge in [-0.05, 0) is 35.9 Å². The molecule has 0 unspecified atom stereocenters. The van der Waals surface area contributed by atoms with Gasteiger partial charge >= 0.3 is 0 Å². The molecule has 0 radical (unpaired) electrons. The summed E-state index contributed by atoms with van der Waals surface area (Å²) in [4.78, 5) is 4.26. The Kier molecular flexibility index (Phi) is 4.04. The number of benzene rings is 2. The molecule has 0 atom stereocenters. The van der Waals surface area contributed by atoms with Crippen LogP contribution in [-0.4, -0.2) is 26.6 Å². The molecule has 7 heteroatoms. The molecule has 1 aromatic heterocycles. The van der Waals surface area contributed by atoms with Gasteiger partial charge in [-0.3, -0.25) is 0 Å². The van der Waals surface area contributed by atoms with Crippen molar-refractivity contribution in [2.24, 2.45) is 4.99 Å². The number of hydrogen-bond acceptors (Lipinski definition) is 6. The first-order chi connectivity index (χ1) is 10.6. The van der Waals surface area contributed by atoms with Crippen molar-refractivity contribution in [3.8, 4) is 22.1 Å². The van der Waals surface area contributed by atoms with E-state index in [0.717, 1.165) is 5.56 Å². The highest BCUT2D eigenvalue weighted by Crippen LogP contribution is 2.33. The average molecular weight is 332 g/mol. The van der Waals surface area contributed by atoms with Crippen LogP contribution in [0.25, 0.3) is 10.6 Å². The number of rotatable bonds is 3. The monoisotopic (exact) mass is 331 g/mol. The Morgan fingerprint density at radius 2 is 1.77 bits per heavy atom. The van der Waals surface area contributed by atoms with E-state index in [1.807, 2.05) is 12.1 Å². The predicted molar refractivity (Wildman–Crippen MR) is 87.4 cm³/mol. The van der Waals surface area contributed by atoms with Gasteiger partial charge in [-0.15, -0.1) is 10.2 Å². The third-order valence-electron chi connectivity index (χ3n) is 2.83. The molecule has 3 rings (SSSR count). The minimum absolute atomic E-state index is 0.172. The molecule has 0 aliphatic heterocycles. The van der Waals surface area contributed by atoms with Crippen molar-refractivity contribution in [1.82, 2.24) is 10.2 Å². The Hall–Kier alpha value is -2.44. The van der Waals surface area contributed by atoms with Crippen LogP contribution in [0.5, 0.6) is 11.5 Å². The summed E-state index contributed by atoms with van der Waals surface area (Å²) in [6, 6.07) is 11.8. The second-order valence-corrected chi connectivity index (χ2v) is 5.80. The molecule has 0 saturated carbocycles. The normalized spacial score (nSPS) is 11.1. The fraction of sp³-hybridized carbons (Fsp3) is 0. The molecule has 0 fully saturated rings. The average Bonchev–Trinajstić information content (AvgIpc) is 2.98. The van der Waals surface area contributed by atoms with Gasteiger partial charge < -0.3 is 10.2 Å². The van der Waals surface area contributed by atoms with Crippen LogP contribution in [0.3, 0.4) is 0 Å². The number of nitrogens with zero attached hydrogens (tertiary/aromatic N) is 3. The van der Waals surface area contributed by atoms with Crippen LogP contribution in [-0.2, 0) is 0 Å². The third-order valence-corrected chi connectivity index (χ3v) is 3.96. The van der Waals surface area contributed by atoms with Crippen LogP contribution >= 0.6 is 22.9 Å². The topological polar surface area (TPSA) is 78.6 Å². The van der Waals surface area contributed by atoms with Crippen LogP contribution in [0, 0.1) is 0 Å². The molecule has 110 valence electrons. The Morgan fingerprint density at radius 3 is 2.50 bits per heavy atom. The lowest BCUT2D eigenvalue weighted by atomic mass is 10.2. The smallest absolute Gasteiger partial charge is 0.231 e. The molecule has 0 spiro atoms. The zero-order valence-electron chi connectivity index (χ0n) is 11.1. The zero-order chi connectivity index (χ0) is 15.5. The van der Waals surface area contributed by atoms with Gasteiger partial charge in [0.15, 0.2) is 11.5 Å². The maximum atomic E-state index is 9.51. The highest BCUT2D eigenvalue weighted by molar-refractivity contribution is 7.18. The van der Waals surface area contributed by atoms with E-state index in [4.69, 9.17) is 11.6 Å². The number of aliphatic imine (C=N–C) groups is 1. The summed E-state index contributed by atoms with van der Waals surface area (Å²) in [6.45, 7) is 0. The first-order valence-electron chi connectivity index (χ1n) is 6.27. The predicted octanol–water partition coefficient (Wildman–Crippen LogP) is 4.02. The quantitative estimate of drug-likeness (QED) is 0.561. The van der Waals surface area contributed by atoms with Crippen LogP contribution in [0.2, 0.25) is 5.02 Å². The van der Waals surface area contributed by atoms with E-state index in [-0.39, 0.29) is 11.5 Å². The molecule has 0 bridgehead atoms. The van der Waals surface area contributed by atoms with E-state index >= 15 is 0 Å². The maximum absolute atomic E-state index is 9.51. The highest BCUT2D eigenvalue weighted by Gasteiger charge is 2.08. The number of halogens is 1. The Balaban J connectivity index is 1.81. The molecule has 2 aromatic carbocycles. The molecule has 5 nitrogen and oxygen atoms in total. The Morgan fingerprint density at radius 1 is 1.00 bits per heavy atom. The maximum Gasteiger partial charge on any atom is 0.231 e. The van der Waals surface area contributed by atoms with Crippen molar-refractivity contribution in [2.45, 2.75) is 0 Å². The van der Waals surface area contributed by atoms with E-state index in [2.05, 4.69) is 15.2 Å². The van der Waals surface area contributed by atoms with Crippen molar-refractivity contribution in [3.05, 3.63) is 53.1 Å². The zero-order valence-corrected chi connectivity index (χ0v) is 12.7. The molecular weight excluding hydrogens is 322 g/mol. The summed E-state index contributed by atoms with van der Waals surface area (Å²) in [7, 11) is 0. The standard InChI is InChI=1S/C15H10ClN3O2S/c16-11-4-1-9(2-5-11)8-17-15-19-18-14(22-15)10-3-6-12(20)13(21)7-10/h1-8,20-21H. The SMILES string of the molecule is Oc1ccc(-c2nnc(N=Cc3ccc(Cl)cc3)s2)cc1O. The summed E-state index contributed by atoms with van der Waals surface area (Å²) in [5.41, 5.74) is 1.57. The molecule has 1 heterocycles. The molecular formula is C15H10ClN3O2S. The van der Waals surface area contributed by atoms with Gasteiger partial charge in [0.25, 0.3) is 0 Å². The van der Waals surface area contributed by atoms with E-state index in [9.17, 15) is 10.2 Å². The molecule has 2 N–H and O–H groups in total. The summed E-state index contributed by atoms with van der Waals surface area (Å²) >= 11 is 7.10. The fourth-order valence-electron chi connectivity index (χ4n) is 1.72. The van der Waals surface area contributed by atoms with Crippen molar-refractivity contribution < 1.29 is 10.2 Å². The van der Waals surface area contributed by atoms with Gasteiger partial charge in [-0.1, -0.05) is 35.1 Å². The minimum atomic E-state index is -0.195. The molecule has 0 saturated heterocycles. The van der Waals surface area contributed by atoms with Gasteiger partial charge in [0.05, 0.1) is 0 Å². The fourth-order valence-corrected chi connectivity index (χ4v) is 2.53. The van der Waals surface area contributed by atoms with Gasteiger partial charge in [0, 0.05) is 16.8 Å². The molecule has 0 aliphatic rings. The van der Waals surface area contributed by atoms with Crippen molar-refractivity contribution in [3.63, 3.8) is 0 Å². The van der Waals surface area contributed by atoms with Crippen LogP contribution in [0.4, 0.5) is 5.13 Å². The lowest BCUT2D eigenvalue weighted by Crippen LogP contribution is -1.78. The lowest BCUT2D eigenvalue weighted by molar-refractivity contribution is 0.404. The Labute approximate surface area is 135 Å². The number of aromatic nitrogens is 2. The van der Waals surface area contributed by atoms with Crippen LogP contribution in [0.1, 0.15) is 5.56 Å². The highest BCUT2D eigenvalue weighted by atomic mass is 35.5. The van der Waals surface area contributed by atoms with E-state index < -0.39 is 0 Å². The number of hydrogen-bond donors (Lipinski definition) is 2. The second kappa shape index (κ2) is 6.13. The molecule has 0 aliphatic carbocycles. The van der Waals surface area contributed by atoms with Crippen molar-refractivity contribution >= 4 is 34.3 Å². The van der Waals surface area contributed by atoms with Gasteiger partial charge in [0.2, 0.25) is 5.13 Å². The third kappa shape index (κ3) is 3.24. The second-order valence-electron chi connectivity index (χ2n) is 4.40. The number of phenolic OH excluding ortho intramolecular Hbond substituents is 2. The van der Waals surface area contributed by atoms with E-state index in [0.29, 0.717) is 20.7 Å². The largest absolute Gasteiger partial charge is 0.504 e. The molecule has 3 aromatic rings. The van der Waals surface area contributed by atoms with Crippen molar-refractivity contribution in [2.75, 3.05) is 0 Å². The van der Waals surface area contributed by atoms with E-state index in [1.165, 1.54) is 23.5 Å². The first kappa shape index (κ1) is 14.5. The Bertz CT molecular complexity index is 831. The summed E-state index contributed by atoms with van der Waals surface area (Å²) < 4.78 is 0. The first-order valence-corrected chi connectivity index (χ1v) is 7.47. The van der Waals surface area contributed by atoms with Gasteiger partial charge in [-0.2, -0.15) is 0 Å².